The molecule has 2 unspecified atom stereocenters. The van der Waals surface area contributed by atoms with Crippen molar-refractivity contribution in [3.05, 3.63) is 75.9 Å². The molecular weight excluding hydrogens is 469 g/mol. The fourth-order valence-electron chi connectivity index (χ4n) is 3.35. The van der Waals surface area contributed by atoms with Gasteiger partial charge in [0.2, 0.25) is 5.78 Å². The standard InChI is InChI=1S/C21H18ClF3N2O4S/c1-12-15(21(23,24)25)7-5-9-18(12)32(29,30)27-16-10-13(22)11-26-19(16)20(28)14-6-3-4-8-17(14)31-2/h3-12,15,27H,1-2H3. The molecule has 3 rings (SSSR count). The largest absolute Gasteiger partial charge is 0.496 e. The maximum absolute atomic E-state index is 13.3. The highest BCUT2D eigenvalue weighted by Gasteiger charge is 2.45. The van der Waals surface area contributed by atoms with Crippen LogP contribution in [0.5, 0.6) is 5.75 Å². The third kappa shape index (κ3) is 4.81. The van der Waals surface area contributed by atoms with Gasteiger partial charge in [-0.2, -0.15) is 13.2 Å². The number of rotatable bonds is 6. The van der Waals surface area contributed by atoms with Crippen LogP contribution in [-0.4, -0.2) is 32.5 Å². The molecule has 0 saturated carbocycles. The number of aromatic nitrogens is 1. The summed E-state index contributed by atoms with van der Waals surface area (Å²) in [5.41, 5.74) is -0.426. The first-order chi connectivity index (χ1) is 15.0. The number of carbonyl (C=O) groups excluding carboxylic acids is 1. The molecule has 32 heavy (non-hydrogen) atoms. The van der Waals surface area contributed by atoms with Crippen molar-refractivity contribution in [1.29, 1.82) is 0 Å². The highest BCUT2D eigenvalue weighted by Crippen LogP contribution is 2.40. The number of ketones is 1. The molecule has 0 saturated heterocycles. The van der Waals surface area contributed by atoms with E-state index in [9.17, 15) is 26.4 Å². The minimum atomic E-state index is -4.62. The second kappa shape index (κ2) is 8.95. The van der Waals surface area contributed by atoms with Crippen LogP contribution >= 0.6 is 11.6 Å². The number of carbonyl (C=O) groups is 1. The fourth-order valence-corrected chi connectivity index (χ4v) is 4.97. The molecule has 0 bridgehead atoms. The lowest BCUT2D eigenvalue weighted by atomic mass is 9.89. The van der Waals surface area contributed by atoms with Gasteiger partial charge < -0.3 is 4.74 Å². The Morgan fingerprint density at radius 1 is 1.25 bits per heavy atom. The zero-order valence-corrected chi connectivity index (χ0v) is 18.4. The number of methoxy groups -OCH3 is 1. The summed E-state index contributed by atoms with van der Waals surface area (Å²) in [5.74, 6) is -3.76. The van der Waals surface area contributed by atoms with E-state index >= 15 is 0 Å². The van der Waals surface area contributed by atoms with Crippen LogP contribution in [-0.2, 0) is 10.0 Å². The van der Waals surface area contributed by atoms with Crippen LogP contribution in [0.1, 0.15) is 23.0 Å². The molecule has 1 N–H and O–H groups in total. The summed E-state index contributed by atoms with van der Waals surface area (Å²) < 4.78 is 73.2. The van der Waals surface area contributed by atoms with Gasteiger partial charge in [-0.15, -0.1) is 0 Å². The van der Waals surface area contributed by atoms with Crippen molar-refractivity contribution in [2.24, 2.45) is 11.8 Å². The lowest BCUT2D eigenvalue weighted by molar-refractivity contribution is -0.169. The second-order valence-electron chi connectivity index (χ2n) is 6.99. The first kappa shape index (κ1) is 23.8. The summed E-state index contributed by atoms with van der Waals surface area (Å²) in [6.45, 7) is 1.17. The van der Waals surface area contributed by atoms with Gasteiger partial charge >= 0.3 is 6.18 Å². The van der Waals surface area contributed by atoms with Crippen molar-refractivity contribution in [2.45, 2.75) is 13.1 Å². The predicted octanol–water partition coefficient (Wildman–Crippen LogP) is 4.98. The number of allylic oxidation sites excluding steroid dienone is 4. The number of anilines is 1. The van der Waals surface area contributed by atoms with Gasteiger partial charge in [-0.3, -0.25) is 9.52 Å². The molecule has 0 fully saturated rings. The van der Waals surface area contributed by atoms with Crippen LogP contribution in [0, 0.1) is 11.8 Å². The molecule has 1 heterocycles. The molecule has 0 aliphatic heterocycles. The Morgan fingerprint density at radius 2 is 1.94 bits per heavy atom. The van der Waals surface area contributed by atoms with Crippen molar-refractivity contribution in [3.63, 3.8) is 0 Å². The maximum Gasteiger partial charge on any atom is 0.395 e. The molecule has 170 valence electrons. The summed E-state index contributed by atoms with van der Waals surface area (Å²) in [4.78, 5) is 16.6. The van der Waals surface area contributed by atoms with Crippen LogP contribution < -0.4 is 9.46 Å². The summed E-state index contributed by atoms with van der Waals surface area (Å²) in [6.07, 6.45) is -0.416. The zero-order chi connectivity index (χ0) is 23.7. The van der Waals surface area contributed by atoms with Crippen molar-refractivity contribution in [1.82, 2.24) is 4.98 Å². The van der Waals surface area contributed by atoms with E-state index in [0.717, 1.165) is 24.4 Å². The SMILES string of the molecule is COc1ccccc1C(=O)c1ncc(Cl)cc1NS(=O)(=O)C1=CC=CC(C(F)(F)F)C1C. The number of hydrogen-bond acceptors (Lipinski definition) is 5. The fraction of sp³-hybridized carbons (Fsp3) is 0.238. The molecule has 1 aliphatic rings. The van der Waals surface area contributed by atoms with Crippen LogP contribution in [0.2, 0.25) is 5.02 Å². The molecule has 1 aliphatic carbocycles. The number of ether oxygens (including phenoxy) is 1. The molecule has 1 aromatic heterocycles. The number of nitrogens with zero attached hydrogens (tertiary/aromatic N) is 1. The van der Waals surface area contributed by atoms with E-state index in [1.54, 1.807) is 18.2 Å². The molecule has 6 nitrogen and oxygen atoms in total. The highest BCUT2D eigenvalue weighted by atomic mass is 35.5. The molecular formula is C21H18ClF3N2O4S. The number of benzene rings is 1. The van der Waals surface area contributed by atoms with E-state index in [4.69, 9.17) is 16.3 Å². The van der Waals surface area contributed by atoms with Gasteiger partial charge in [-0.1, -0.05) is 42.8 Å². The average Bonchev–Trinajstić information content (AvgIpc) is 2.72. The molecule has 0 spiro atoms. The topological polar surface area (TPSA) is 85.4 Å². The maximum atomic E-state index is 13.3. The number of hydrogen-bond donors (Lipinski definition) is 1. The monoisotopic (exact) mass is 486 g/mol. The number of halogens is 4. The molecule has 2 aromatic rings. The van der Waals surface area contributed by atoms with Crippen molar-refractivity contribution >= 4 is 33.1 Å². The van der Waals surface area contributed by atoms with E-state index in [2.05, 4.69) is 9.71 Å². The first-order valence-electron chi connectivity index (χ1n) is 9.27. The van der Waals surface area contributed by atoms with Gasteiger partial charge in [-0.25, -0.2) is 13.4 Å². The predicted molar refractivity (Wildman–Crippen MR) is 114 cm³/mol. The number of nitrogens with one attached hydrogen (secondary N) is 1. The molecule has 0 radical (unpaired) electrons. The van der Waals surface area contributed by atoms with E-state index in [0.29, 0.717) is 0 Å². The van der Waals surface area contributed by atoms with Crippen LogP contribution in [0.4, 0.5) is 18.9 Å². The third-order valence-electron chi connectivity index (χ3n) is 4.92. The van der Waals surface area contributed by atoms with Crippen molar-refractivity contribution in [2.75, 3.05) is 11.8 Å². The number of sulfonamides is 1. The number of pyridine rings is 1. The van der Waals surface area contributed by atoms with Gasteiger partial charge in [0, 0.05) is 12.1 Å². The summed E-state index contributed by atoms with van der Waals surface area (Å²) in [6, 6.07) is 7.43. The zero-order valence-electron chi connectivity index (χ0n) is 16.9. The molecule has 2 atom stereocenters. The number of para-hydroxylation sites is 1. The van der Waals surface area contributed by atoms with E-state index < -0.39 is 38.7 Å². The average molecular weight is 487 g/mol. The van der Waals surface area contributed by atoms with Gasteiger partial charge in [0.05, 0.1) is 34.2 Å². The second-order valence-corrected chi connectivity index (χ2v) is 9.11. The minimum Gasteiger partial charge on any atom is -0.496 e. The Hall–Kier alpha value is -2.85. The van der Waals surface area contributed by atoms with Crippen LogP contribution in [0.15, 0.2) is 59.7 Å². The lowest BCUT2D eigenvalue weighted by Crippen LogP contribution is -2.33. The number of alkyl halides is 3. The van der Waals surface area contributed by atoms with E-state index in [1.165, 1.54) is 26.2 Å². The Labute approximate surface area is 187 Å². The quantitative estimate of drug-likeness (QED) is 0.582. The van der Waals surface area contributed by atoms with E-state index in [-0.39, 0.29) is 27.7 Å². The smallest absolute Gasteiger partial charge is 0.395 e. The minimum absolute atomic E-state index is 0.0259. The Morgan fingerprint density at radius 3 is 2.59 bits per heavy atom. The summed E-state index contributed by atoms with van der Waals surface area (Å²) in [5, 5.41) is 0.0259. The molecule has 0 amide bonds. The van der Waals surface area contributed by atoms with Gasteiger partial charge in [0.25, 0.3) is 10.0 Å². The van der Waals surface area contributed by atoms with Crippen molar-refractivity contribution in [3.8, 4) is 5.75 Å². The summed E-state index contributed by atoms with van der Waals surface area (Å²) >= 11 is 5.94. The normalized spacial score (nSPS) is 18.8. The Balaban J connectivity index is 2.01. The van der Waals surface area contributed by atoms with Crippen LogP contribution in [0.25, 0.3) is 0 Å². The third-order valence-corrected chi connectivity index (χ3v) is 6.74. The highest BCUT2D eigenvalue weighted by molar-refractivity contribution is 7.96. The van der Waals surface area contributed by atoms with Gasteiger partial charge in [-0.05, 0) is 24.3 Å². The molecule has 11 heteroatoms. The van der Waals surface area contributed by atoms with Crippen LogP contribution in [0.3, 0.4) is 0 Å². The lowest BCUT2D eigenvalue weighted by Gasteiger charge is -2.28. The first-order valence-corrected chi connectivity index (χ1v) is 11.1. The van der Waals surface area contributed by atoms with Gasteiger partial charge in [0.15, 0.2) is 0 Å². The Bertz CT molecular complexity index is 1210. The Kier molecular flexibility index (Phi) is 6.66. The van der Waals surface area contributed by atoms with E-state index in [1.807, 2.05) is 0 Å². The summed E-state index contributed by atoms with van der Waals surface area (Å²) in [7, 11) is -3.10. The van der Waals surface area contributed by atoms with Gasteiger partial charge in [0.1, 0.15) is 11.4 Å². The molecule has 1 aromatic carbocycles. The van der Waals surface area contributed by atoms with Crippen molar-refractivity contribution < 1.29 is 31.1 Å².